The smallest absolute Gasteiger partial charge is 0.123 e. The fraction of sp³-hybridized carbons (Fsp3) is 0.500. The molecule has 84 valence electrons. The van der Waals surface area contributed by atoms with Gasteiger partial charge in [-0.05, 0) is 36.6 Å². The average molecular weight is 211 g/mol. The van der Waals surface area contributed by atoms with Gasteiger partial charge in [0, 0.05) is 6.54 Å². The predicted molar refractivity (Wildman–Crippen MR) is 59.0 cm³/mol. The molecule has 1 aromatic rings. The van der Waals surface area contributed by atoms with E-state index in [9.17, 15) is 9.50 Å². The number of aryl methyl sites for hydroxylation is 1. The maximum atomic E-state index is 13.2. The van der Waals surface area contributed by atoms with Crippen LogP contribution in [0.1, 0.15) is 30.9 Å². The van der Waals surface area contributed by atoms with Crippen molar-refractivity contribution in [2.24, 2.45) is 5.73 Å². The second kappa shape index (κ2) is 4.73. The number of halogens is 1. The van der Waals surface area contributed by atoms with Gasteiger partial charge < -0.3 is 10.8 Å². The second-order valence-electron chi connectivity index (χ2n) is 4.00. The van der Waals surface area contributed by atoms with Crippen LogP contribution < -0.4 is 5.73 Å². The Morgan fingerprint density at radius 3 is 2.53 bits per heavy atom. The van der Waals surface area contributed by atoms with Crippen molar-refractivity contribution in [3.8, 4) is 0 Å². The van der Waals surface area contributed by atoms with Gasteiger partial charge in [-0.15, -0.1) is 0 Å². The van der Waals surface area contributed by atoms with E-state index in [1.165, 1.54) is 12.1 Å². The van der Waals surface area contributed by atoms with E-state index in [1.54, 1.807) is 13.0 Å². The number of rotatable bonds is 4. The first kappa shape index (κ1) is 12.1. The third-order valence-corrected chi connectivity index (χ3v) is 2.58. The maximum absolute atomic E-state index is 13.2. The monoisotopic (exact) mass is 211 g/mol. The minimum atomic E-state index is -1.10. The first-order valence-corrected chi connectivity index (χ1v) is 5.22. The Morgan fingerprint density at radius 2 is 2.07 bits per heavy atom. The van der Waals surface area contributed by atoms with Crippen LogP contribution in [0.3, 0.4) is 0 Å². The summed E-state index contributed by atoms with van der Waals surface area (Å²) in [4.78, 5) is 0. The molecule has 0 fully saturated rings. The van der Waals surface area contributed by atoms with Gasteiger partial charge in [0.2, 0.25) is 0 Å². The van der Waals surface area contributed by atoms with Crippen molar-refractivity contribution in [3.05, 3.63) is 35.1 Å². The Kier molecular flexibility index (Phi) is 3.83. The predicted octanol–water partition coefficient (Wildman–Crippen LogP) is 2.08. The summed E-state index contributed by atoms with van der Waals surface area (Å²) in [5.41, 5.74) is 5.83. The fourth-order valence-corrected chi connectivity index (χ4v) is 1.78. The Morgan fingerprint density at radius 1 is 1.40 bits per heavy atom. The molecule has 0 spiro atoms. The van der Waals surface area contributed by atoms with Gasteiger partial charge in [0.1, 0.15) is 11.4 Å². The first-order valence-electron chi connectivity index (χ1n) is 5.22. The molecule has 0 aliphatic rings. The second-order valence-corrected chi connectivity index (χ2v) is 4.00. The Hall–Kier alpha value is -0.930. The molecule has 1 atom stereocenters. The molecule has 0 radical (unpaired) electrons. The zero-order chi connectivity index (χ0) is 11.5. The van der Waals surface area contributed by atoms with Gasteiger partial charge in [-0.2, -0.15) is 0 Å². The number of hydrogen-bond acceptors (Lipinski definition) is 2. The van der Waals surface area contributed by atoms with E-state index >= 15 is 0 Å². The van der Waals surface area contributed by atoms with Gasteiger partial charge in [0.25, 0.3) is 0 Å². The van der Waals surface area contributed by atoms with Crippen molar-refractivity contribution in [2.75, 3.05) is 6.54 Å². The van der Waals surface area contributed by atoms with Crippen LogP contribution in [0.4, 0.5) is 4.39 Å². The van der Waals surface area contributed by atoms with Gasteiger partial charge >= 0.3 is 0 Å². The highest BCUT2D eigenvalue weighted by atomic mass is 19.1. The molecular formula is C12H18FNO. The lowest BCUT2D eigenvalue weighted by atomic mass is 9.88. The minimum Gasteiger partial charge on any atom is -0.384 e. The SMILES string of the molecule is CCCC(O)(CN)c1cc(C)cc(F)c1. The lowest BCUT2D eigenvalue weighted by Gasteiger charge is -2.27. The van der Waals surface area contributed by atoms with E-state index in [0.717, 1.165) is 12.0 Å². The van der Waals surface area contributed by atoms with Crippen LogP contribution in [-0.4, -0.2) is 11.7 Å². The summed E-state index contributed by atoms with van der Waals surface area (Å²) < 4.78 is 13.2. The normalized spacial score (nSPS) is 15.0. The highest BCUT2D eigenvalue weighted by Gasteiger charge is 2.27. The maximum Gasteiger partial charge on any atom is 0.123 e. The van der Waals surface area contributed by atoms with E-state index in [2.05, 4.69) is 0 Å². The zero-order valence-corrected chi connectivity index (χ0v) is 9.26. The molecule has 0 heterocycles. The van der Waals surface area contributed by atoms with Gasteiger partial charge in [-0.3, -0.25) is 0 Å². The molecule has 0 saturated carbocycles. The summed E-state index contributed by atoms with van der Waals surface area (Å²) in [7, 11) is 0. The fourth-order valence-electron chi connectivity index (χ4n) is 1.78. The number of hydrogen-bond donors (Lipinski definition) is 2. The molecule has 3 heteroatoms. The highest BCUT2D eigenvalue weighted by Crippen LogP contribution is 2.26. The van der Waals surface area contributed by atoms with E-state index in [-0.39, 0.29) is 12.4 Å². The molecule has 1 unspecified atom stereocenters. The molecule has 0 aliphatic heterocycles. The van der Waals surface area contributed by atoms with Crippen LogP contribution >= 0.6 is 0 Å². The lowest BCUT2D eigenvalue weighted by molar-refractivity contribution is 0.0356. The molecule has 2 nitrogen and oxygen atoms in total. The van der Waals surface area contributed by atoms with Gasteiger partial charge in [-0.25, -0.2) is 4.39 Å². The Labute approximate surface area is 89.9 Å². The lowest BCUT2D eigenvalue weighted by Crippen LogP contribution is -2.34. The number of aliphatic hydroxyl groups is 1. The van der Waals surface area contributed by atoms with Crippen LogP contribution in [0.15, 0.2) is 18.2 Å². The van der Waals surface area contributed by atoms with Crippen molar-refractivity contribution in [1.29, 1.82) is 0 Å². The minimum absolute atomic E-state index is 0.115. The van der Waals surface area contributed by atoms with E-state index < -0.39 is 5.60 Å². The molecule has 0 saturated heterocycles. The third-order valence-electron chi connectivity index (χ3n) is 2.58. The van der Waals surface area contributed by atoms with Crippen LogP contribution in [0.2, 0.25) is 0 Å². The summed E-state index contributed by atoms with van der Waals surface area (Å²) in [6, 6.07) is 4.58. The van der Waals surface area contributed by atoms with Gasteiger partial charge in [-0.1, -0.05) is 19.4 Å². The van der Waals surface area contributed by atoms with E-state index in [0.29, 0.717) is 12.0 Å². The molecule has 0 bridgehead atoms. The van der Waals surface area contributed by atoms with Crippen LogP contribution in [0.25, 0.3) is 0 Å². The summed E-state index contributed by atoms with van der Waals surface area (Å²) in [5, 5.41) is 10.2. The number of benzene rings is 1. The zero-order valence-electron chi connectivity index (χ0n) is 9.26. The molecule has 15 heavy (non-hydrogen) atoms. The summed E-state index contributed by atoms with van der Waals surface area (Å²) >= 11 is 0. The van der Waals surface area contributed by atoms with Crippen molar-refractivity contribution < 1.29 is 9.50 Å². The molecule has 0 aromatic heterocycles. The van der Waals surface area contributed by atoms with Gasteiger partial charge in [0.15, 0.2) is 0 Å². The molecular weight excluding hydrogens is 193 g/mol. The highest BCUT2D eigenvalue weighted by molar-refractivity contribution is 5.28. The van der Waals surface area contributed by atoms with Crippen LogP contribution in [0.5, 0.6) is 0 Å². The summed E-state index contributed by atoms with van der Waals surface area (Å²) in [5.74, 6) is -0.326. The molecule has 0 amide bonds. The van der Waals surface area contributed by atoms with E-state index in [4.69, 9.17) is 5.73 Å². The van der Waals surface area contributed by atoms with Crippen LogP contribution in [0, 0.1) is 12.7 Å². The topological polar surface area (TPSA) is 46.2 Å². The average Bonchev–Trinajstić information content (AvgIpc) is 2.16. The van der Waals surface area contributed by atoms with Crippen molar-refractivity contribution >= 4 is 0 Å². The largest absolute Gasteiger partial charge is 0.384 e. The summed E-state index contributed by atoms with van der Waals surface area (Å²) in [6.45, 7) is 3.88. The van der Waals surface area contributed by atoms with Crippen molar-refractivity contribution in [3.63, 3.8) is 0 Å². The molecule has 1 rings (SSSR count). The first-order chi connectivity index (χ1) is 7.01. The number of nitrogens with two attached hydrogens (primary N) is 1. The Bertz CT molecular complexity index is 320. The molecule has 1 aromatic carbocycles. The van der Waals surface area contributed by atoms with Crippen molar-refractivity contribution in [2.45, 2.75) is 32.3 Å². The molecule has 3 N–H and O–H groups in total. The quantitative estimate of drug-likeness (QED) is 0.801. The summed E-state index contributed by atoms with van der Waals surface area (Å²) in [6.07, 6.45) is 1.36. The standard InChI is InChI=1S/C12H18FNO/c1-3-4-12(15,8-14)10-5-9(2)6-11(13)7-10/h5-7,15H,3-4,8,14H2,1-2H3. The molecule has 0 aliphatic carbocycles. The Balaban J connectivity index is 3.11. The van der Waals surface area contributed by atoms with E-state index in [1.807, 2.05) is 6.92 Å². The van der Waals surface area contributed by atoms with Crippen molar-refractivity contribution in [1.82, 2.24) is 0 Å². The van der Waals surface area contributed by atoms with Crippen LogP contribution in [-0.2, 0) is 5.60 Å². The van der Waals surface area contributed by atoms with Gasteiger partial charge in [0.05, 0.1) is 0 Å². The third kappa shape index (κ3) is 2.76.